The smallest absolute Gasteiger partial charge is 0.345 e. The van der Waals surface area contributed by atoms with Gasteiger partial charge in [0, 0.05) is 7.11 Å². The molecule has 0 aromatic rings. The molecule has 5 heteroatoms. The number of hydrogen-bond donors (Lipinski definition) is 0. The molecule has 0 N–H and O–H groups in total. The third kappa shape index (κ3) is 0.973. The summed E-state index contributed by atoms with van der Waals surface area (Å²) in [6.07, 6.45) is -1.88. The van der Waals surface area contributed by atoms with E-state index in [1.807, 2.05) is 0 Å². The lowest BCUT2D eigenvalue weighted by Crippen LogP contribution is -2.35. The Hall–Kier alpha value is -0.350. The maximum atomic E-state index is 12.6. The number of hydrogen-bond acceptors (Lipinski definition) is 3. The average molecular weight is 169 g/mol. The average Bonchev–Trinajstić information content (AvgIpc) is 2.19. The van der Waals surface area contributed by atoms with E-state index >= 15 is 0 Å². The Balaban J connectivity index is 2.73. The highest BCUT2D eigenvalue weighted by molar-refractivity contribution is 6.25. The predicted octanol–water partition coefficient (Wildman–Crippen LogP) is 0.463. The van der Waals surface area contributed by atoms with Gasteiger partial charge in [0.1, 0.15) is 6.61 Å². The van der Waals surface area contributed by atoms with Crippen molar-refractivity contribution in [3.8, 4) is 0 Å². The van der Waals surface area contributed by atoms with E-state index in [9.17, 15) is 9.18 Å². The number of carbonyl (C=O) groups excluding carboxylic acids is 1. The molecule has 0 amide bonds. The van der Waals surface area contributed by atoms with Gasteiger partial charge < -0.3 is 9.47 Å². The summed E-state index contributed by atoms with van der Waals surface area (Å²) in [7, 11) is 1.22. The van der Waals surface area contributed by atoms with Crippen molar-refractivity contribution in [3.63, 3.8) is 0 Å². The van der Waals surface area contributed by atoms with Crippen LogP contribution in [0.15, 0.2) is 0 Å². The lowest BCUT2D eigenvalue weighted by molar-refractivity contribution is -0.142. The van der Waals surface area contributed by atoms with Crippen LogP contribution < -0.4 is 0 Å². The van der Waals surface area contributed by atoms with Crippen LogP contribution in [0.5, 0.6) is 0 Å². The highest BCUT2D eigenvalue weighted by Gasteiger charge is 2.50. The summed E-state index contributed by atoms with van der Waals surface area (Å²) in [6, 6.07) is 0. The highest BCUT2D eigenvalue weighted by Crippen LogP contribution is 2.30. The van der Waals surface area contributed by atoms with Crippen molar-refractivity contribution in [3.05, 3.63) is 0 Å². The zero-order valence-corrected chi connectivity index (χ0v) is 6.02. The van der Waals surface area contributed by atoms with Crippen LogP contribution in [0.25, 0.3) is 0 Å². The molecule has 0 aromatic heterocycles. The Morgan fingerprint density at radius 1 is 2.00 bits per heavy atom. The molecule has 1 aliphatic heterocycles. The molecule has 3 nitrogen and oxygen atoms in total. The van der Waals surface area contributed by atoms with Gasteiger partial charge in [0.15, 0.2) is 0 Å². The highest BCUT2D eigenvalue weighted by atomic mass is 35.5. The molecule has 0 bridgehead atoms. The van der Waals surface area contributed by atoms with Gasteiger partial charge in [0.2, 0.25) is 11.2 Å². The molecule has 1 rings (SSSR count). The van der Waals surface area contributed by atoms with Crippen LogP contribution >= 0.6 is 11.6 Å². The van der Waals surface area contributed by atoms with Gasteiger partial charge in [-0.15, -0.1) is 0 Å². The summed E-state index contributed by atoms with van der Waals surface area (Å²) in [5, 5.41) is -1.60. The van der Waals surface area contributed by atoms with Gasteiger partial charge in [-0.3, -0.25) is 0 Å². The predicted molar refractivity (Wildman–Crippen MR) is 31.4 cm³/mol. The van der Waals surface area contributed by atoms with E-state index in [4.69, 9.17) is 11.6 Å². The fourth-order valence-electron chi connectivity index (χ4n) is 0.654. The van der Waals surface area contributed by atoms with E-state index in [1.54, 1.807) is 0 Å². The lowest BCUT2D eigenvalue weighted by Gasteiger charge is -2.16. The minimum Gasteiger partial charge on any atom is -0.459 e. The first-order valence-electron chi connectivity index (χ1n) is 2.65. The van der Waals surface area contributed by atoms with Crippen LogP contribution in [0, 0.1) is 0 Å². The Morgan fingerprint density at radius 3 is 2.80 bits per heavy atom. The molecule has 1 heterocycles. The molecular formula is C5H6ClFO3. The Labute approximate surface area is 62.1 Å². The minimum atomic E-state index is -1.88. The van der Waals surface area contributed by atoms with Crippen LogP contribution in [0.3, 0.4) is 0 Å². The zero-order valence-electron chi connectivity index (χ0n) is 5.27. The topological polar surface area (TPSA) is 35.5 Å². The molecule has 0 spiro atoms. The molecule has 1 saturated heterocycles. The van der Waals surface area contributed by atoms with Crippen LogP contribution in [-0.4, -0.2) is 30.9 Å². The number of methoxy groups -OCH3 is 1. The van der Waals surface area contributed by atoms with E-state index < -0.39 is 17.2 Å². The molecule has 0 aliphatic carbocycles. The lowest BCUT2D eigenvalue weighted by atomic mass is 10.3. The molecule has 2 atom stereocenters. The number of rotatable bonds is 1. The van der Waals surface area contributed by atoms with Crippen molar-refractivity contribution in [2.24, 2.45) is 0 Å². The SMILES string of the molecule is COC1(Cl)COC(=O)C1F. The summed E-state index contributed by atoms with van der Waals surface area (Å²) in [5.41, 5.74) is 0. The Kier molecular flexibility index (Phi) is 1.83. The van der Waals surface area contributed by atoms with Gasteiger partial charge in [-0.1, -0.05) is 11.6 Å². The van der Waals surface area contributed by atoms with E-state index in [0.717, 1.165) is 0 Å². The van der Waals surface area contributed by atoms with Crippen LogP contribution in [-0.2, 0) is 14.3 Å². The Morgan fingerprint density at radius 2 is 2.60 bits per heavy atom. The molecule has 0 saturated carbocycles. The number of alkyl halides is 2. The number of ether oxygens (including phenoxy) is 2. The van der Waals surface area contributed by atoms with Gasteiger partial charge >= 0.3 is 5.97 Å². The molecule has 0 aromatic carbocycles. The first kappa shape index (κ1) is 7.75. The van der Waals surface area contributed by atoms with Crippen molar-refractivity contribution in [1.82, 2.24) is 0 Å². The van der Waals surface area contributed by atoms with Gasteiger partial charge in [-0.25, -0.2) is 9.18 Å². The molecule has 0 radical (unpaired) electrons. The monoisotopic (exact) mass is 168 g/mol. The van der Waals surface area contributed by atoms with Crippen LogP contribution in [0.2, 0.25) is 0 Å². The maximum absolute atomic E-state index is 12.6. The first-order chi connectivity index (χ1) is 4.60. The van der Waals surface area contributed by atoms with Gasteiger partial charge in [-0.2, -0.15) is 0 Å². The second kappa shape index (κ2) is 2.36. The molecule has 2 unspecified atom stereocenters. The number of halogens is 2. The summed E-state index contributed by atoms with van der Waals surface area (Å²) in [6.45, 7) is -0.231. The first-order valence-corrected chi connectivity index (χ1v) is 3.03. The normalized spacial score (nSPS) is 39.9. The van der Waals surface area contributed by atoms with Crippen molar-refractivity contribution >= 4 is 17.6 Å². The summed E-state index contributed by atoms with van der Waals surface area (Å²) in [5.74, 6) is -0.961. The van der Waals surface area contributed by atoms with Crippen molar-refractivity contribution in [2.45, 2.75) is 11.2 Å². The van der Waals surface area contributed by atoms with Crippen LogP contribution in [0.4, 0.5) is 4.39 Å². The molecule has 10 heavy (non-hydrogen) atoms. The zero-order chi connectivity index (χ0) is 7.78. The van der Waals surface area contributed by atoms with E-state index in [-0.39, 0.29) is 6.61 Å². The molecule has 1 fully saturated rings. The van der Waals surface area contributed by atoms with E-state index in [2.05, 4.69) is 9.47 Å². The van der Waals surface area contributed by atoms with Gasteiger partial charge in [-0.05, 0) is 0 Å². The fraction of sp³-hybridized carbons (Fsp3) is 0.800. The Bertz CT molecular complexity index is 163. The summed E-state index contributed by atoms with van der Waals surface area (Å²) < 4.78 is 21.5. The number of carbonyl (C=O) groups is 1. The van der Waals surface area contributed by atoms with E-state index in [0.29, 0.717) is 0 Å². The third-order valence-corrected chi connectivity index (χ3v) is 1.79. The van der Waals surface area contributed by atoms with Crippen molar-refractivity contribution in [2.75, 3.05) is 13.7 Å². The number of cyclic esters (lactones) is 1. The molecule has 58 valence electrons. The largest absolute Gasteiger partial charge is 0.459 e. The fourth-order valence-corrected chi connectivity index (χ4v) is 0.798. The van der Waals surface area contributed by atoms with Crippen molar-refractivity contribution < 1.29 is 18.7 Å². The van der Waals surface area contributed by atoms with Crippen LogP contribution in [0.1, 0.15) is 0 Å². The molecular weight excluding hydrogens is 163 g/mol. The summed E-state index contributed by atoms with van der Waals surface area (Å²) in [4.78, 5) is 10.4. The summed E-state index contributed by atoms with van der Waals surface area (Å²) >= 11 is 5.46. The van der Waals surface area contributed by atoms with Gasteiger partial charge in [0.25, 0.3) is 0 Å². The second-order valence-corrected chi connectivity index (χ2v) is 2.60. The third-order valence-electron chi connectivity index (χ3n) is 1.34. The number of esters is 1. The minimum absolute atomic E-state index is 0.231. The second-order valence-electron chi connectivity index (χ2n) is 1.96. The van der Waals surface area contributed by atoms with Gasteiger partial charge in [0.05, 0.1) is 0 Å². The van der Waals surface area contributed by atoms with Crippen molar-refractivity contribution in [1.29, 1.82) is 0 Å². The molecule has 1 aliphatic rings. The standard InChI is InChI=1S/C5H6ClFO3/c1-9-5(6)2-10-4(8)3(5)7/h3H,2H2,1H3. The quantitative estimate of drug-likeness (QED) is 0.422. The van der Waals surface area contributed by atoms with E-state index in [1.165, 1.54) is 7.11 Å². The maximum Gasteiger partial charge on any atom is 0.345 e.